The molecule has 0 aromatic heterocycles. The van der Waals surface area contributed by atoms with Gasteiger partial charge in [0.2, 0.25) is 5.91 Å². The summed E-state index contributed by atoms with van der Waals surface area (Å²) in [5, 5.41) is 9.52. The molecule has 0 aromatic carbocycles. The van der Waals surface area contributed by atoms with Gasteiger partial charge in [-0.2, -0.15) is 0 Å². The van der Waals surface area contributed by atoms with Crippen molar-refractivity contribution < 1.29 is 9.90 Å². The molecule has 0 aliphatic carbocycles. The number of hydrogen-bond acceptors (Lipinski definition) is 3. The zero-order chi connectivity index (χ0) is 11.4. The molecule has 84 valence electrons. The molecule has 4 heteroatoms. The lowest BCUT2D eigenvalue weighted by molar-refractivity contribution is -0.136. The van der Waals surface area contributed by atoms with E-state index in [-0.39, 0.29) is 24.3 Å². The molecule has 4 nitrogen and oxygen atoms in total. The summed E-state index contributed by atoms with van der Waals surface area (Å²) in [5.74, 6) is 2.39. The molecule has 1 heterocycles. The number of nitrogens with zero attached hydrogens (tertiary/aromatic N) is 1. The summed E-state index contributed by atoms with van der Waals surface area (Å²) in [6.45, 7) is 3.07. The molecular weight excluding hydrogens is 192 g/mol. The summed E-state index contributed by atoms with van der Waals surface area (Å²) >= 11 is 0. The number of carbonyl (C=O) groups excluding carboxylic acids is 1. The average molecular weight is 210 g/mol. The van der Waals surface area contributed by atoms with Crippen LogP contribution in [-0.4, -0.2) is 41.1 Å². The maximum absolute atomic E-state index is 11.8. The van der Waals surface area contributed by atoms with Crippen molar-refractivity contribution >= 4 is 5.91 Å². The number of likely N-dealkylation sites (tertiary alicyclic amines) is 1. The quantitative estimate of drug-likeness (QED) is 0.608. The Morgan fingerprint density at radius 3 is 3.00 bits per heavy atom. The van der Waals surface area contributed by atoms with Gasteiger partial charge in [-0.3, -0.25) is 4.79 Å². The van der Waals surface area contributed by atoms with Crippen molar-refractivity contribution in [1.29, 1.82) is 0 Å². The minimum absolute atomic E-state index is 0.105. The molecule has 3 unspecified atom stereocenters. The van der Waals surface area contributed by atoms with Crippen molar-refractivity contribution in [3.8, 4) is 12.3 Å². The molecule has 3 atom stereocenters. The van der Waals surface area contributed by atoms with Crippen molar-refractivity contribution in [1.82, 2.24) is 4.90 Å². The van der Waals surface area contributed by atoms with Crippen molar-refractivity contribution in [2.24, 2.45) is 11.7 Å². The van der Waals surface area contributed by atoms with Crippen LogP contribution in [0.3, 0.4) is 0 Å². The fourth-order valence-electron chi connectivity index (χ4n) is 1.78. The van der Waals surface area contributed by atoms with Crippen LogP contribution in [0.15, 0.2) is 0 Å². The summed E-state index contributed by atoms with van der Waals surface area (Å²) in [6, 6.07) is -0.600. The Labute approximate surface area is 90.4 Å². The molecule has 15 heavy (non-hydrogen) atoms. The standard InChI is InChI=1S/C11H18N2O2/c1-3-4-9(12)11(15)13-6-5-10(14)8(2)7-13/h1,8-10,14H,4-7,12H2,2H3. The first-order valence-corrected chi connectivity index (χ1v) is 5.22. The van der Waals surface area contributed by atoms with E-state index in [2.05, 4.69) is 5.92 Å². The Hall–Kier alpha value is -1.05. The highest BCUT2D eigenvalue weighted by molar-refractivity contribution is 5.82. The third-order valence-electron chi connectivity index (χ3n) is 2.83. The van der Waals surface area contributed by atoms with Gasteiger partial charge in [-0.1, -0.05) is 6.92 Å². The van der Waals surface area contributed by atoms with Crippen LogP contribution < -0.4 is 5.73 Å². The normalized spacial score (nSPS) is 28.3. The van der Waals surface area contributed by atoms with Crippen LogP contribution in [0.25, 0.3) is 0 Å². The largest absolute Gasteiger partial charge is 0.393 e. The molecule has 0 spiro atoms. The van der Waals surface area contributed by atoms with Gasteiger partial charge >= 0.3 is 0 Å². The Kier molecular flexibility index (Phi) is 4.13. The summed E-state index contributed by atoms with van der Waals surface area (Å²) in [5.41, 5.74) is 5.64. The molecule has 0 bridgehead atoms. The van der Waals surface area contributed by atoms with E-state index in [9.17, 15) is 9.90 Å². The molecule has 0 aromatic rings. The van der Waals surface area contributed by atoms with Gasteiger partial charge in [0.15, 0.2) is 0 Å². The first-order chi connectivity index (χ1) is 7.06. The van der Waals surface area contributed by atoms with Gasteiger partial charge in [0.25, 0.3) is 0 Å². The van der Waals surface area contributed by atoms with Crippen LogP contribution >= 0.6 is 0 Å². The summed E-state index contributed by atoms with van der Waals surface area (Å²) in [7, 11) is 0. The molecule has 1 fully saturated rings. The second kappa shape index (κ2) is 5.15. The van der Waals surface area contributed by atoms with Gasteiger partial charge in [-0.15, -0.1) is 12.3 Å². The maximum atomic E-state index is 11.8. The van der Waals surface area contributed by atoms with Gasteiger partial charge in [0.05, 0.1) is 12.1 Å². The smallest absolute Gasteiger partial charge is 0.240 e. The highest BCUT2D eigenvalue weighted by atomic mass is 16.3. The van der Waals surface area contributed by atoms with E-state index in [1.807, 2.05) is 6.92 Å². The highest BCUT2D eigenvalue weighted by Crippen LogP contribution is 2.17. The lowest BCUT2D eigenvalue weighted by atomic mass is 9.96. The van der Waals surface area contributed by atoms with Gasteiger partial charge in [-0.05, 0) is 12.3 Å². The monoisotopic (exact) mass is 210 g/mol. The number of amides is 1. The molecule has 3 N–H and O–H groups in total. The first-order valence-electron chi connectivity index (χ1n) is 5.22. The highest BCUT2D eigenvalue weighted by Gasteiger charge is 2.29. The molecule has 0 saturated carbocycles. The van der Waals surface area contributed by atoms with Crippen LogP contribution in [0.2, 0.25) is 0 Å². The van der Waals surface area contributed by atoms with Gasteiger partial charge < -0.3 is 15.7 Å². The van der Waals surface area contributed by atoms with Crippen LogP contribution in [0.4, 0.5) is 0 Å². The van der Waals surface area contributed by atoms with Crippen molar-refractivity contribution in [3.63, 3.8) is 0 Å². The Bertz CT molecular complexity index is 272. The van der Waals surface area contributed by atoms with Crippen molar-refractivity contribution in [3.05, 3.63) is 0 Å². The molecule has 1 aliphatic rings. The Morgan fingerprint density at radius 1 is 1.80 bits per heavy atom. The predicted molar refractivity (Wildman–Crippen MR) is 57.8 cm³/mol. The fraction of sp³-hybridized carbons (Fsp3) is 0.727. The molecule has 1 aliphatic heterocycles. The zero-order valence-corrected chi connectivity index (χ0v) is 9.02. The molecular formula is C11H18N2O2. The number of rotatable bonds is 2. The SMILES string of the molecule is C#CCC(N)C(=O)N1CCC(O)C(C)C1. The Balaban J connectivity index is 2.51. The van der Waals surface area contributed by atoms with Crippen LogP contribution in [-0.2, 0) is 4.79 Å². The predicted octanol–water partition coefficient (Wildman–Crippen LogP) is -0.434. The minimum Gasteiger partial charge on any atom is -0.393 e. The number of aliphatic hydroxyl groups excluding tert-OH is 1. The van der Waals surface area contributed by atoms with Gasteiger partial charge in [0, 0.05) is 19.5 Å². The number of carbonyl (C=O) groups is 1. The van der Waals surface area contributed by atoms with Crippen LogP contribution in [0.5, 0.6) is 0 Å². The van der Waals surface area contributed by atoms with E-state index in [0.29, 0.717) is 19.5 Å². The topological polar surface area (TPSA) is 66.6 Å². The average Bonchev–Trinajstić information content (AvgIpc) is 2.21. The van der Waals surface area contributed by atoms with Crippen molar-refractivity contribution in [2.45, 2.75) is 31.9 Å². The van der Waals surface area contributed by atoms with E-state index in [1.165, 1.54) is 0 Å². The summed E-state index contributed by atoms with van der Waals surface area (Å²) < 4.78 is 0. The lowest BCUT2D eigenvalue weighted by Crippen LogP contribution is -2.50. The van der Waals surface area contributed by atoms with E-state index in [0.717, 1.165) is 0 Å². The minimum atomic E-state index is -0.600. The van der Waals surface area contributed by atoms with Crippen molar-refractivity contribution in [2.75, 3.05) is 13.1 Å². The molecule has 1 saturated heterocycles. The number of piperidine rings is 1. The Morgan fingerprint density at radius 2 is 2.47 bits per heavy atom. The van der Waals surface area contributed by atoms with Crippen LogP contribution in [0, 0.1) is 18.3 Å². The summed E-state index contributed by atoms with van der Waals surface area (Å²) in [6.07, 6.45) is 5.69. The fourth-order valence-corrected chi connectivity index (χ4v) is 1.78. The second-order valence-corrected chi connectivity index (χ2v) is 4.13. The maximum Gasteiger partial charge on any atom is 0.240 e. The molecule has 1 rings (SSSR count). The van der Waals surface area contributed by atoms with E-state index < -0.39 is 6.04 Å². The van der Waals surface area contributed by atoms with E-state index in [4.69, 9.17) is 12.2 Å². The lowest BCUT2D eigenvalue weighted by Gasteiger charge is -2.35. The molecule has 0 radical (unpaired) electrons. The van der Waals surface area contributed by atoms with Gasteiger partial charge in [0.1, 0.15) is 0 Å². The first kappa shape index (κ1) is 12.0. The zero-order valence-electron chi connectivity index (χ0n) is 9.02. The number of aliphatic hydroxyl groups is 1. The van der Waals surface area contributed by atoms with Crippen LogP contribution in [0.1, 0.15) is 19.8 Å². The third-order valence-corrected chi connectivity index (χ3v) is 2.83. The number of nitrogens with two attached hydrogens (primary N) is 1. The second-order valence-electron chi connectivity index (χ2n) is 4.13. The number of terminal acetylenes is 1. The van der Waals surface area contributed by atoms with Gasteiger partial charge in [-0.25, -0.2) is 0 Å². The van der Waals surface area contributed by atoms with E-state index in [1.54, 1.807) is 4.90 Å². The number of hydrogen-bond donors (Lipinski definition) is 2. The van der Waals surface area contributed by atoms with E-state index >= 15 is 0 Å². The molecule has 1 amide bonds. The third kappa shape index (κ3) is 2.95. The summed E-state index contributed by atoms with van der Waals surface area (Å²) in [4.78, 5) is 13.5.